The van der Waals surface area contributed by atoms with Crippen LogP contribution >= 0.6 is 11.8 Å². The summed E-state index contributed by atoms with van der Waals surface area (Å²) in [6.45, 7) is 1.59. The van der Waals surface area contributed by atoms with Gasteiger partial charge in [-0.05, 0) is 59.7 Å². The summed E-state index contributed by atoms with van der Waals surface area (Å²) in [6, 6.07) is 12.9. The van der Waals surface area contributed by atoms with Gasteiger partial charge in [0.2, 0.25) is 15.9 Å². The van der Waals surface area contributed by atoms with Crippen LogP contribution in [0.1, 0.15) is 18.1 Å². The Morgan fingerprint density at radius 1 is 1.10 bits per heavy atom. The molecule has 0 spiro atoms. The van der Waals surface area contributed by atoms with Gasteiger partial charge in [-0.15, -0.1) is 0 Å². The first-order valence-corrected chi connectivity index (χ1v) is 11.3. The number of benzene rings is 2. The van der Waals surface area contributed by atoms with Crippen LogP contribution in [0.3, 0.4) is 0 Å². The standard InChI is InChI=1S/C20H19N3O5S2/c1-2-13-3-5-14(6-4-13)11-17-19(25)23(20(26)29-17)12-18(24)22-15-7-9-16(10-8-15)30(21,27)28/h3-11H,2,12H2,1H3,(H,22,24)(H2,21,27,28). The van der Waals surface area contributed by atoms with Crippen molar-refractivity contribution in [1.82, 2.24) is 4.90 Å². The number of nitrogens with one attached hydrogen (secondary N) is 1. The molecule has 1 aliphatic heterocycles. The van der Waals surface area contributed by atoms with Crippen molar-refractivity contribution in [3.8, 4) is 0 Å². The monoisotopic (exact) mass is 445 g/mol. The van der Waals surface area contributed by atoms with Gasteiger partial charge in [0.05, 0.1) is 9.80 Å². The second-order valence-corrected chi connectivity index (χ2v) is 9.04. The topological polar surface area (TPSA) is 127 Å². The summed E-state index contributed by atoms with van der Waals surface area (Å²) in [4.78, 5) is 38.0. The molecule has 10 heteroatoms. The van der Waals surface area contributed by atoms with Crippen LogP contribution in [0.5, 0.6) is 0 Å². The number of carbonyl (C=O) groups is 3. The van der Waals surface area contributed by atoms with E-state index in [-0.39, 0.29) is 9.80 Å². The number of imide groups is 1. The summed E-state index contributed by atoms with van der Waals surface area (Å²) < 4.78 is 22.5. The van der Waals surface area contributed by atoms with E-state index in [0.717, 1.165) is 34.2 Å². The number of anilines is 1. The summed E-state index contributed by atoms with van der Waals surface area (Å²) in [5.41, 5.74) is 2.26. The molecule has 3 rings (SSSR count). The normalized spacial score (nSPS) is 15.7. The molecule has 1 heterocycles. The van der Waals surface area contributed by atoms with Crippen LogP contribution in [0.25, 0.3) is 6.08 Å². The summed E-state index contributed by atoms with van der Waals surface area (Å²) in [5, 5.41) is 7.01. The second kappa shape index (κ2) is 8.82. The van der Waals surface area contributed by atoms with E-state index in [1.54, 1.807) is 6.08 Å². The maximum Gasteiger partial charge on any atom is 0.294 e. The number of nitrogens with two attached hydrogens (primary N) is 1. The molecule has 30 heavy (non-hydrogen) atoms. The molecule has 1 saturated heterocycles. The maximum absolute atomic E-state index is 12.5. The van der Waals surface area contributed by atoms with Gasteiger partial charge in [0.1, 0.15) is 6.54 Å². The number of aryl methyl sites for hydroxylation is 1. The number of primary sulfonamides is 1. The fraction of sp³-hybridized carbons (Fsp3) is 0.150. The molecule has 0 saturated carbocycles. The third kappa shape index (κ3) is 5.15. The van der Waals surface area contributed by atoms with Crippen molar-refractivity contribution in [2.24, 2.45) is 5.14 Å². The fourth-order valence-electron chi connectivity index (χ4n) is 2.71. The van der Waals surface area contributed by atoms with Crippen LogP contribution < -0.4 is 10.5 Å². The van der Waals surface area contributed by atoms with Gasteiger partial charge in [0, 0.05) is 5.69 Å². The highest BCUT2D eigenvalue weighted by atomic mass is 32.2. The maximum atomic E-state index is 12.5. The van der Waals surface area contributed by atoms with Crippen molar-refractivity contribution in [1.29, 1.82) is 0 Å². The third-order valence-corrected chi connectivity index (χ3v) is 6.16. The van der Waals surface area contributed by atoms with Crippen LogP contribution in [0, 0.1) is 0 Å². The Hall–Kier alpha value is -2.95. The number of sulfonamides is 1. The number of thioether (sulfide) groups is 1. The molecular weight excluding hydrogens is 426 g/mol. The largest absolute Gasteiger partial charge is 0.325 e. The van der Waals surface area contributed by atoms with Gasteiger partial charge < -0.3 is 5.32 Å². The number of amides is 3. The number of hydrogen-bond donors (Lipinski definition) is 2. The highest BCUT2D eigenvalue weighted by molar-refractivity contribution is 8.18. The third-order valence-electron chi connectivity index (χ3n) is 4.33. The molecule has 0 aliphatic carbocycles. The van der Waals surface area contributed by atoms with E-state index in [1.807, 2.05) is 31.2 Å². The summed E-state index contributed by atoms with van der Waals surface area (Å²) in [5.74, 6) is -1.13. The molecule has 0 radical (unpaired) electrons. The molecule has 3 amide bonds. The van der Waals surface area contributed by atoms with Crippen LogP contribution in [-0.2, 0) is 26.0 Å². The van der Waals surface area contributed by atoms with Crippen molar-refractivity contribution in [3.05, 3.63) is 64.6 Å². The lowest BCUT2D eigenvalue weighted by Crippen LogP contribution is -2.36. The zero-order valence-electron chi connectivity index (χ0n) is 16.0. The van der Waals surface area contributed by atoms with Crippen LogP contribution in [-0.4, -0.2) is 36.9 Å². The smallest absolute Gasteiger partial charge is 0.294 e. The van der Waals surface area contributed by atoms with Crippen LogP contribution in [0.15, 0.2) is 58.3 Å². The predicted molar refractivity (Wildman–Crippen MR) is 115 cm³/mol. The van der Waals surface area contributed by atoms with Crippen molar-refractivity contribution in [3.63, 3.8) is 0 Å². The SMILES string of the molecule is CCc1ccc(C=C2SC(=O)N(CC(=O)Nc3ccc(S(N)(=O)=O)cc3)C2=O)cc1. The first kappa shape index (κ1) is 21.8. The average Bonchev–Trinajstić information content (AvgIpc) is 2.95. The minimum absolute atomic E-state index is 0.0939. The molecule has 0 unspecified atom stereocenters. The lowest BCUT2D eigenvalue weighted by atomic mass is 10.1. The van der Waals surface area contributed by atoms with Gasteiger partial charge in [0.15, 0.2) is 0 Å². The van der Waals surface area contributed by atoms with Gasteiger partial charge in [-0.3, -0.25) is 19.3 Å². The van der Waals surface area contributed by atoms with Crippen LogP contribution in [0.2, 0.25) is 0 Å². The predicted octanol–water partition coefficient (Wildman–Crippen LogP) is 2.57. The highest BCUT2D eigenvalue weighted by Gasteiger charge is 2.36. The number of rotatable bonds is 6. The lowest BCUT2D eigenvalue weighted by Gasteiger charge is -2.12. The van der Waals surface area contributed by atoms with Crippen molar-refractivity contribution >= 4 is 50.6 Å². The van der Waals surface area contributed by atoms with Gasteiger partial charge in [-0.1, -0.05) is 31.2 Å². The van der Waals surface area contributed by atoms with Crippen molar-refractivity contribution in [2.75, 3.05) is 11.9 Å². The minimum Gasteiger partial charge on any atom is -0.325 e. The Labute approximate surface area is 178 Å². The average molecular weight is 446 g/mol. The van der Waals surface area contributed by atoms with E-state index in [2.05, 4.69) is 5.32 Å². The van der Waals surface area contributed by atoms with Gasteiger partial charge >= 0.3 is 0 Å². The van der Waals surface area contributed by atoms with Gasteiger partial charge in [0.25, 0.3) is 11.1 Å². The zero-order valence-corrected chi connectivity index (χ0v) is 17.6. The number of nitrogens with zero attached hydrogens (tertiary/aromatic N) is 1. The Bertz CT molecular complexity index is 1120. The van der Waals surface area contributed by atoms with Crippen LogP contribution in [0.4, 0.5) is 10.5 Å². The lowest BCUT2D eigenvalue weighted by molar-refractivity contribution is -0.127. The minimum atomic E-state index is -3.84. The zero-order chi connectivity index (χ0) is 21.9. The van der Waals surface area contributed by atoms with Crippen molar-refractivity contribution in [2.45, 2.75) is 18.2 Å². The number of hydrogen-bond acceptors (Lipinski definition) is 6. The Morgan fingerprint density at radius 3 is 2.30 bits per heavy atom. The Balaban J connectivity index is 1.66. The highest BCUT2D eigenvalue weighted by Crippen LogP contribution is 2.32. The van der Waals surface area contributed by atoms with E-state index in [4.69, 9.17) is 5.14 Å². The van der Waals surface area contributed by atoms with E-state index in [9.17, 15) is 22.8 Å². The van der Waals surface area contributed by atoms with Gasteiger partial charge in [-0.2, -0.15) is 0 Å². The first-order chi connectivity index (χ1) is 14.2. The molecule has 1 fully saturated rings. The van der Waals surface area contributed by atoms with E-state index in [1.165, 1.54) is 24.3 Å². The Kier molecular flexibility index (Phi) is 6.40. The molecule has 2 aromatic carbocycles. The van der Waals surface area contributed by atoms with E-state index in [0.29, 0.717) is 5.69 Å². The molecule has 8 nitrogen and oxygen atoms in total. The Morgan fingerprint density at radius 2 is 1.73 bits per heavy atom. The fourth-order valence-corrected chi connectivity index (χ4v) is 4.06. The van der Waals surface area contributed by atoms with Gasteiger partial charge in [-0.25, -0.2) is 13.6 Å². The second-order valence-electron chi connectivity index (χ2n) is 6.48. The molecule has 0 aromatic heterocycles. The first-order valence-electron chi connectivity index (χ1n) is 8.94. The van der Waals surface area contributed by atoms with Crippen molar-refractivity contribution < 1.29 is 22.8 Å². The summed E-state index contributed by atoms with van der Waals surface area (Å²) >= 11 is 0.778. The van der Waals surface area contributed by atoms with E-state index >= 15 is 0 Å². The van der Waals surface area contributed by atoms with E-state index < -0.39 is 33.6 Å². The molecule has 0 atom stereocenters. The summed E-state index contributed by atoms with van der Waals surface area (Å²) in [6.07, 6.45) is 2.52. The molecule has 3 N–H and O–H groups in total. The molecule has 1 aliphatic rings. The molecule has 156 valence electrons. The molecule has 0 bridgehead atoms. The quantitative estimate of drug-likeness (QED) is 0.658. The summed E-state index contributed by atoms with van der Waals surface area (Å²) in [7, 11) is -3.84. The number of carbonyl (C=O) groups excluding carboxylic acids is 3. The molecule has 2 aromatic rings. The molecular formula is C20H19N3O5S2.